The van der Waals surface area contributed by atoms with Gasteiger partial charge in [-0.3, -0.25) is 4.79 Å². The van der Waals surface area contributed by atoms with Crippen LogP contribution in [0.4, 0.5) is 4.39 Å². The van der Waals surface area contributed by atoms with Crippen molar-refractivity contribution in [3.8, 4) is 11.8 Å². The SMILES string of the molecule is O=C(NCc1ccc(C#CCO)s1)c1ccc(Cl)c(F)c1. The van der Waals surface area contributed by atoms with Gasteiger partial charge in [0, 0.05) is 10.4 Å². The number of carbonyl (C=O) groups excluding carboxylic acids is 1. The van der Waals surface area contributed by atoms with E-state index in [2.05, 4.69) is 17.2 Å². The van der Waals surface area contributed by atoms with Gasteiger partial charge < -0.3 is 10.4 Å². The second kappa shape index (κ2) is 7.23. The molecule has 1 aromatic heterocycles. The number of nitrogens with one attached hydrogen (secondary N) is 1. The van der Waals surface area contributed by atoms with E-state index in [1.165, 1.54) is 23.5 Å². The van der Waals surface area contributed by atoms with Crippen LogP contribution in [0.2, 0.25) is 5.02 Å². The molecule has 0 aliphatic carbocycles. The first kappa shape index (κ1) is 15.5. The minimum absolute atomic E-state index is 0.0168. The molecule has 2 N–H and O–H groups in total. The second-order valence-electron chi connectivity index (χ2n) is 4.04. The van der Waals surface area contributed by atoms with Crippen molar-refractivity contribution in [2.75, 3.05) is 6.61 Å². The number of aliphatic hydroxyl groups is 1. The number of hydrogen-bond acceptors (Lipinski definition) is 3. The molecule has 0 spiro atoms. The summed E-state index contributed by atoms with van der Waals surface area (Å²) in [6.45, 7) is 0.140. The molecule has 0 saturated carbocycles. The lowest BCUT2D eigenvalue weighted by Crippen LogP contribution is -2.22. The van der Waals surface area contributed by atoms with Crippen LogP contribution in [0.5, 0.6) is 0 Å². The van der Waals surface area contributed by atoms with Crippen LogP contribution in [0.3, 0.4) is 0 Å². The number of carbonyl (C=O) groups is 1. The van der Waals surface area contributed by atoms with Crippen LogP contribution in [0.1, 0.15) is 20.1 Å². The van der Waals surface area contributed by atoms with Gasteiger partial charge in [-0.05, 0) is 30.3 Å². The molecule has 0 aliphatic rings. The Labute approximate surface area is 130 Å². The van der Waals surface area contributed by atoms with Gasteiger partial charge in [-0.1, -0.05) is 23.4 Å². The molecule has 0 aliphatic heterocycles. The van der Waals surface area contributed by atoms with Crippen molar-refractivity contribution < 1.29 is 14.3 Å². The Morgan fingerprint density at radius 1 is 1.38 bits per heavy atom. The molecule has 0 bridgehead atoms. The van der Waals surface area contributed by atoms with Crippen molar-refractivity contribution in [1.29, 1.82) is 0 Å². The second-order valence-corrected chi connectivity index (χ2v) is 5.61. The number of rotatable bonds is 3. The van der Waals surface area contributed by atoms with Crippen LogP contribution < -0.4 is 5.32 Å². The van der Waals surface area contributed by atoms with Gasteiger partial charge in [0.25, 0.3) is 5.91 Å². The van der Waals surface area contributed by atoms with Gasteiger partial charge in [-0.15, -0.1) is 11.3 Å². The standard InChI is InChI=1S/C15H11ClFNO2S/c16-13-6-3-10(8-14(13)17)15(20)18-9-12-5-4-11(21-12)2-1-7-19/h3-6,8,19H,7,9H2,(H,18,20). The van der Waals surface area contributed by atoms with E-state index in [4.69, 9.17) is 16.7 Å². The Morgan fingerprint density at radius 3 is 2.90 bits per heavy atom. The molecule has 21 heavy (non-hydrogen) atoms. The minimum Gasteiger partial charge on any atom is -0.384 e. The first-order valence-corrected chi connectivity index (χ1v) is 7.21. The quantitative estimate of drug-likeness (QED) is 0.853. The number of aliphatic hydroxyl groups excluding tert-OH is 1. The average molecular weight is 324 g/mol. The number of thiophene rings is 1. The van der Waals surface area contributed by atoms with Gasteiger partial charge in [-0.2, -0.15) is 0 Å². The zero-order valence-corrected chi connectivity index (χ0v) is 12.4. The van der Waals surface area contributed by atoms with Gasteiger partial charge in [0.15, 0.2) is 0 Å². The van der Waals surface area contributed by atoms with Crippen LogP contribution in [0.15, 0.2) is 30.3 Å². The van der Waals surface area contributed by atoms with Crippen molar-refractivity contribution in [3.63, 3.8) is 0 Å². The van der Waals surface area contributed by atoms with Crippen LogP contribution in [0.25, 0.3) is 0 Å². The largest absolute Gasteiger partial charge is 0.384 e. The fourth-order valence-corrected chi connectivity index (χ4v) is 2.51. The van der Waals surface area contributed by atoms with Crippen molar-refractivity contribution in [2.24, 2.45) is 0 Å². The number of amides is 1. The Hall–Kier alpha value is -1.87. The third-order valence-electron chi connectivity index (χ3n) is 2.56. The summed E-state index contributed by atoms with van der Waals surface area (Å²) in [4.78, 5) is 13.6. The number of hydrogen-bond donors (Lipinski definition) is 2. The molecule has 0 atom stereocenters. The fraction of sp³-hybridized carbons (Fsp3) is 0.133. The van der Waals surface area contributed by atoms with Crippen LogP contribution in [-0.4, -0.2) is 17.6 Å². The molecule has 3 nitrogen and oxygen atoms in total. The summed E-state index contributed by atoms with van der Waals surface area (Å²) >= 11 is 6.99. The predicted octanol–water partition coefficient (Wildman–Crippen LogP) is 2.81. The summed E-state index contributed by atoms with van der Waals surface area (Å²) in [5, 5.41) is 11.3. The molecule has 0 saturated heterocycles. The highest BCUT2D eigenvalue weighted by atomic mass is 35.5. The summed E-state index contributed by atoms with van der Waals surface area (Å²) in [7, 11) is 0. The highest BCUT2D eigenvalue weighted by molar-refractivity contribution is 7.12. The molecular weight excluding hydrogens is 313 g/mol. The van der Waals surface area contributed by atoms with E-state index in [0.29, 0.717) is 6.54 Å². The van der Waals surface area contributed by atoms with Crippen LogP contribution in [-0.2, 0) is 6.54 Å². The molecule has 2 rings (SSSR count). The molecule has 1 heterocycles. The Balaban J connectivity index is 1.97. The van der Waals surface area contributed by atoms with Gasteiger partial charge >= 0.3 is 0 Å². The molecule has 108 valence electrons. The summed E-state index contributed by atoms with van der Waals surface area (Å²) in [6, 6.07) is 7.57. The lowest BCUT2D eigenvalue weighted by atomic mass is 10.2. The summed E-state index contributed by atoms with van der Waals surface area (Å²) < 4.78 is 13.3. The monoisotopic (exact) mass is 323 g/mol. The van der Waals surface area contributed by atoms with E-state index in [1.807, 2.05) is 12.1 Å². The normalized spacial score (nSPS) is 9.86. The molecule has 6 heteroatoms. The maximum Gasteiger partial charge on any atom is 0.251 e. The fourth-order valence-electron chi connectivity index (χ4n) is 1.57. The summed E-state index contributed by atoms with van der Waals surface area (Å²) in [6.07, 6.45) is 0. The Morgan fingerprint density at radius 2 is 2.19 bits per heavy atom. The first-order chi connectivity index (χ1) is 10.1. The van der Waals surface area contributed by atoms with Gasteiger partial charge in [0.2, 0.25) is 0 Å². The molecule has 0 unspecified atom stereocenters. The highest BCUT2D eigenvalue weighted by Gasteiger charge is 2.09. The van der Waals surface area contributed by atoms with E-state index in [1.54, 1.807) is 0 Å². The minimum atomic E-state index is -0.623. The van der Waals surface area contributed by atoms with E-state index in [-0.39, 0.29) is 23.1 Å². The van der Waals surface area contributed by atoms with E-state index < -0.39 is 5.82 Å². The number of benzene rings is 1. The Bertz CT molecular complexity index is 718. The van der Waals surface area contributed by atoms with Crippen molar-refractivity contribution in [2.45, 2.75) is 6.54 Å². The third-order valence-corrected chi connectivity index (χ3v) is 3.86. The summed E-state index contributed by atoms with van der Waals surface area (Å²) in [5.41, 5.74) is 0.216. The van der Waals surface area contributed by atoms with Gasteiger partial charge in [0.05, 0.1) is 16.4 Å². The lowest BCUT2D eigenvalue weighted by Gasteiger charge is -2.04. The molecule has 2 aromatic rings. The maximum atomic E-state index is 13.3. The van der Waals surface area contributed by atoms with E-state index in [9.17, 15) is 9.18 Å². The van der Waals surface area contributed by atoms with Crippen molar-refractivity contribution in [3.05, 3.63) is 56.5 Å². The molecule has 1 amide bonds. The average Bonchev–Trinajstić information content (AvgIpc) is 2.93. The highest BCUT2D eigenvalue weighted by Crippen LogP contribution is 2.17. The predicted molar refractivity (Wildman–Crippen MR) is 80.9 cm³/mol. The third kappa shape index (κ3) is 4.30. The smallest absolute Gasteiger partial charge is 0.251 e. The molecule has 0 radical (unpaired) electrons. The van der Waals surface area contributed by atoms with E-state index in [0.717, 1.165) is 15.8 Å². The zero-order valence-electron chi connectivity index (χ0n) is 10.8. The lowest BCUT2D eigenvalue weighted by molar-refractivity contribution is 0.0951. The van der Waals surface area contributed by atoms with Crippen molar-refractivity contribution in [1.82, 2.24) is 5.32 Å². The maximum absolute atomic E-state index is 13.3. The van der Waals surface area contributed by atoms with Crippen molar-refractivity contribution >= 4 is 28.8 Å². The van der Waals surface area contributed by atoms with Crippen LogP contribution in [0, 0.1) is 17.7 Å². The van der Waals surface area contributed by atoms with Crippen LogP contribution >= 0.6 is 22.9 Å². The first-order valence-electron chi connectivity index (χ1n) is 6.02. The van der Waals surface area contributed by atoms with E-state index >= 15 is 0 Å². The topological polar surface area (TPSA) is 49.3 Å². The summed E-state index contributed by atoms with van der Waals surface area (Å²) in [5.74, 6) is 4.35. The molecule has 1 aromatic carbocycles. The molecule has 0 fully saturated rings. The van der Waals surface area contributed by atoms with Gasteiger partial charge in [-0.25, -0.2) is 4.39 Å². The number of halogens is 2. The molecular formula is C15H11ClFNO2S. The van der Waals surface area contributed by atoms with Gasteiger partial charge in [0.1, 0.15) is 12.4 Å². The zero-order chi connectivity index (χ0) is 15.2. The Kier molecular flexibility index (Phi) is 5.34.